The van der Waals surface area contributed by atoms with Crippen LogP contribution in [0.2, 0.25) is 10.0 Å². The van der Waals surface area contributed by atoms with E-state index in [-0.39, 0.29) is 42.6 Å². The zero-order valence-electron chi connectivity index (χ0n) is 15.8. The largest absolute Gasteiger partial charge is 1.00 e. The zero-order valence-corrected chi connectivity index (χ0v) is 21.0. The number of nitrogens with zero attached hydrogens (tertiary/aromatic N) is 2. The average molecular weight is 491 g/mol. The summed E-state index contributed by atoms with van der Waals surface area (Å²) in [6, 6.07) is 7.22. The van der Waals surface area contributed by atoms with Crippen molar-refractivity contribution in [1.29, 1.82) is 0 Å². The number of carbonyl (C=O) groups excluding carboxylic acids is 2. The van der Waals surface area contributed by atoms with Crippen LogP contribution in [0.5, 0.6) is 0 Å². The summed E-state index contributed by atoms with van der Waals surface area (Å²) < 4.78 is 2.53. The fourth-order valence-corrected chi connectivity index (χ4v) is 5.99. The number of carboxylic acids is 2. The SMILES string of the molecule is O=C([O-])CN1CCSC1=Cc1sc2ccc3c(Cl)c(Cl)ccc3c2[n+]1CC(=O)[O-].[Na+]. The van der Waals surface area contributed by atoms with Crippen LogP contribution in [0.3, 0.4) is 0 Å². The van der Waals surface area contributed by atoms with Gasteiger partial charge in [-0.15, -0.1) is 11.8 Å². The molecule has 6 nitrogen and oxygen atoms in total. The number of carbonyl (C=O) groups is 2. The van der Waals surface area contributed by atoms with Crippen molar-refractivity contribution in [1.82, 2.24) is 4.90 Å². The third-order valence-corrected chi connectivity index (χ3v) is 7.52. The van der Waals surface area contributed by atoms with E-state index in [0.29, 0.717) is 21.6 Å². The third kappa shape index (κ3) is 4.60. The van der Waals surface area contributed by atoms with Gasteiger partial charge in [-0.25, -0.2) is 0 Å². The third-order valence-electron chi connectivity index (χ3n) is 4.55. The van der Waals surface area contributed by atoms with Crippen LogP contribution in [0.25, 0.3) is 27.1 Å². The quantitative estimate of drug-likeness (QED) is 0.319. The normalized spacial score (nSPS) is 15.1. The summed E-state index contributed by atoms with van der Waals surface area (Å²) in [5, 5.41) is 26.3. The van der Waals surface area contributed by atoms with Crippen molar-refractivity contribution in [3.05, 3.63) is 44.3 Å². The first-order valence-electron chi connectivity index (χ1n) is 8.57. The number of aromatic nitrogens is 1. The molecule has 0 N–H and O–H groups in total. The van der Waals surface area contributed by atoms with Crippen molar-refractivity contribution in [2.24, 2.45) is 0 Å². The first-order chi connectivity index (χ1) is 13.8. The van der Waals surface area contributed by atoms with Crippen LogP contribution in [0.15, 0.2) is 29.3 Å². The minimum Gasteiger partial charge on any atom is -0.548 e. The van der Waals surface area contributed by atoms with Crippen molar-refractivity contribution in [3.8, 4) is 0 Å². The van der Waals surface area contributed by atoms with E-state index in [2.05, 4.69) is 0 Å². The molecule has 1 aliphatic rings. The van der Waals surface area contributed by atoms with Crippen LogP contribution in [-0.4, -0.2) is 35.7 Å². The zero-order chi connectivity index (χ0) is 20.7. The van der Waals surface area contributed by atoms with Gasteiger partial charge < -0.3 is 24.7 Å². The Balaban J connectivity index is 0.00000256. The molecule has 0 unspecified atom stereocenters. The topological polar surface area (TPSA) is 87.4 Å². The summed E-state index contributed by atoms with van der Waals surface area (Å²) in [7, 11) is 0. The van der Waals surface area contributed by atoms with Crippen molar-refractivity contribution in [2.45, 2.75) is 6.54 Å². The molecule has 11 heteroatoms. The summed E-state index contributed by atoms with van der Waals surface area (Å²) in [6.45, 7) is 0.0395. The van der Waals surface area contributed by atoms with E-state index in [1.54, 1.807) is 15.5 Å². The molecule has 2 aromatic carbocycles. The second-order valence-corrected chi connectivity index (χ2v) is 9.35. The molecular weight excluding hydrogens is 478 g/mol. The molecule has 150 valence electrons. The number of thioether (sulfide) groups is 1. The summed E-state index contributed by atoms with van der Waals surface area (Å²) >= 11 is 15.4. The van der Waals surface area contributed by atoms with Gasteiger partial charge >= 0.3 is 29.6 Å². The van der Waals surface area contributed by atoms with Gasteiger partial charge in [-0.3, -0.25) is 0 Å². The van der Waals surface area contributed by atoms with Gasteiger partial charge in [-0.1, -0.05) is 40.6 Å². The van der Waals surface area contributed by atoms with Crippen LogP contribution in [0, 0.1) is 0 Å². The fourth-order valence-electron chi connectivity index (χ4n) is 3.35. The van der Waals surface area contributed by atoms with Gasteiger partial charge in [0.15, 0.2) is 6.54 Å². The first-order valence-corrected chi connectivity index (χ1v) is 11.1. The Morgan fingerprint density at radius 2 is 1.87 bits per heavy atom. The van der Waals surface area contributed by atoms with Crippen molar-refractivity contribution >= 4 is 85.3 Å². The van der Waals surface area contributed by atoms with Gasteiger partial charge in [0.05, 0.1) is 39.1 Å². The maximum absolute atomic E-state index is 11.5. The van der Waals surface area contributed by atoms with E-state index in [9.17, 15) is 19.8 Å². The minimum absolute atomic E-state index is 0. The molecule has 1 fully saturated rings. The Bertz CT molecular complexity index is 1200. The molecule has 0 bridgehead atoms. The van der Waals surface area contributed by atoms with Gasteiger partial charge in [0.25, 0.3) is 5.01 Å². The number of hydrogen-bond acceptors (Lipinski definition) is 7. The van der Waals surface area contributed by atoms with Crippen LogP contribution < -0.4 is 44.3 Å². The Morgan fingerprint density at radius 3 is 2.57 bits per heavy atom. The molecule has 1 aliphatic heterocycles. The van der Waals surface area contributed by atoms with E-state index in [0.717, 1.165) is 31.8 Å². The van der Waals surface area contributed by atoms with Crippen molar-refractivity contribution in [2.75, 3.05) is 18.8 Å². The minimum atomic E-state index is -1.22. The van der Waals surface area contributed by atoms with E-state index in [4.69, 9.17) is 23.2 Å². The molecule has 0 radical (unpaired) electrons. The molecule has 0 atom stereocenters. The molecule has 0 spiro atoms. The number of aliphatic carboxylic acids is 2. The second-order valence-electron chi connectivity index (χ2n) is 6.39. The maximum atomic E-state index is 11.5. The van der Waals surface area contributed by atoms with Crippen molar-refractivity contribution in [3.63, 3.8) is 0 Å². The maximum Gasteiger partial charge on any atom is 1.00 e. The molecule has 1 saturated heterocycles. The van der Waals surface area contributed by atoms with E-state index in [1.807, 2.05) is 24.3 Å². The number of fused-ring (bicyclic) bond motifs is 3. The fraction of sp³-hybridized carbons (Fsp3) is 0.211. The number of hydrogen-bond donors (Lipinski definition) is 0. The first kappa shape index (κ1) is 23.7. The number of rotatable bonds is 5. The number of benzene rings is 2. The number of carboxylic acid groups (broad SMARTS) is 2. The molecule has 0 amide bonds. The molecule has 0 saturated carbocycles. The standard InChI is InChI=1S/C19H14Cl2N2O4S2.Na/c20-12-3-1-11-10(18(12)21)2-4-13-19(11)23(9-17(26)27)15(29-13)7-14-22(5-6-28-14)8-16(24)25;/h1-4,7H,5-6,8-9H2,(H-,24,25,26,27);/q;+1/p-1. The van der Waals surface area contributed by atoms with Gasteiger partial charge in [-0.2, -0.15) is 4.57 Å². The summed E-state index contributed by atoms with van der Waals surface area (Å²) in [5.41, 5.74) is 0.719. The molecule has 1 aromatic heterocycles. The Labute approximate surface area is 212 Å². The van der Waals surface area contributed by atoms with Crippen molar-refractivity contribution < 1.29 is 53.9 Å². The molecule has 3 aromatic rings. The predicted octanol–water partition coefficient (Wildman–Crippen LogP) is -1.50. The Morgan fingerprint density at radius 1 is 1.13 bits per heavy atom. The monoisotopic (exact) mass is 490 g/mol. The number of halogens is 2. The van der Waals surface area contributed by atoms with Gasteiger partial charge in [0, 0.05) is 17.7 Å². The summed E-state index contributed by atoms with van der Waals surface area (Å²) in [6.07, 6.45) is 1.82. The predicted molar refractivity (Wildman–Crippen MR) is 112 cm³/mol. The smallest absolute Gasteiger partial charge is 0.548 e. The molecule has 2 heterocycles. The van der Waals surface area contributed by atoms with E-state index >= 15 is 0 Å². The van der Waals surface area contributed by atoms with Crippen LogP contribution >= 0.6 is 46.3 Å². The van der Waals surface area contributed by atoms with E-state index in [1.165, 1.54) is 23.1 Å². The molecule has 4 rings (SSSR count). The second kappa shape index (κ2) is 9.65. The summed E-state index contributed by atoms with van der Waals surface area (Å²) in [4.78, 5) is 24.2. The summed E-state index contributed by atoms with van der Waals surface area (Å²) in [5.74, 6) is -1.63. The van der Waals surface area contributed by atoms with Crippen LogP contribution in [-0.2, 0) is 16.1 Å². The van der Waals surface area contributed by atoms with Crippen LogP contribution in [0.4, 0.5) is 0 Å². The molecule has 0 aliphatic carbocycles. The van der Waals surface area contributed by atoms with Crippen LogP contribution in [0.1, 0.15) is 5.01 Å². The Hall–Kier alpha value is -1.00. The van der Waals surface area contributed by atoms with E-state index < -0.39 is 11.9 Å². The van der Waals surface area contributed by atoms with Gasteiger partial charge in [0.1, 0.15) is 10.7 Å². The van der Waals surface area contributed by atoms with Gasteiger partial charge in [0.2, 0.25) is 5.52 Å². The molecule has 30 heavy (non-hydrogen) atoms. The average Bonchev–Trinajstić information content (AvgIpc) is 3.22. The molecular formula is C19H13Cl2N2NaO4S2. The Kier molecular flexibility index (Phi) is 7.61. The van der Waals surface area contributed by atoms with Gasteiger partial charge in [-0.05, 0) is 18.2 Å². The number of thiazole rings is 1.